The van der Waals surface area contributed by atoms with Crippen LogP contribution in [-0.4, -0.2) is 41.9 Å². The summed E-state index contributed by atoms with van der Waals surface area (Å²) >= 11 is 2.21. The molecule has 0 amide bonds. The van der Waals surface area contributed by atoms with Crippen LogP contribution in [-0.2, 0) is 13.6 Å². The first-order chi connectivity index (χ1) is 12.7. The highest BCUT2D eigenvalue weighted by molar-refractivity contribution is 14.1. The molecule has 0 radical (unpaired) electrons. The van der Waals surface area contributed by atoms with Gasteiger partial charge < -0.3 is 25.4 Å². The van der Waals surface area contributed by atoms with Gasteiger partial charge in [-0.05, 0) is 61.1 Å². The van der Waals surface area contributed by atoms with Gasteiger partial charge in [-0.2, -0.15) is 9.97 Å². The van der Waals surface area contributed by atoms with Crippen molar-refractivity contribution >= 4 is 45.5 Å². The molecule has 0 saturated heterocycles. The Balaban J connectivity index is 1.83. The summed E-state index contributed by atoms with van der Waals surface area (Å²) in [5, 5.41) is 26.3. The summed E-state index contributed by atoms with van der Waals surface area (Å²) in [6, 6.07) is 5.45. The molecule has 0 unspecified atom stereocenters. The first kappa shape index (κ1) is 19.6. The van der Waals surface area contributed by atoms with Crippen molar-refractivity contribution < 1.29 is 10.2 Å². The zero-order valence-electron chi connectivity index (χ0n) is 15.5. The van der Waals surface area contributed by atoms with Gasteiger partial charge in [0.25, 0.3) is 0 Å². The standard InChI is InChI=1S/C18H23IN6O2/c1-18(2,27)6-7-20-17-23-15(14-16(24-17)25(3)10-22-14)21-9-11-8-12(19)4-5-13(11)26/h4-5,8,10,26-27H,6-7,9H2,1-3H3,(H2,20,21,23,24). The summed E-state index contributed by atoms with van der Waals surface area (Å²) in [4.78, 5) is 13.4. The number of nitrogens with one attached hydrogen (secondary N) is 2. The van der Waals surface area contributed by atoms with E-state index in [1.54, 1.807) is 26.2 Å². The normalized spacial score (nSPS) is 11.7. The van der Waals surface area contributed by atoms with Crippen LogP contribution in [0.2, 0.25) is 0 Å². The first-order valence-electron chi connectivity index (χ1n) is 8.59. The van der Waals surface area contributed by atoms with Crippen molar-refractivity contribution in [3.05, 3.63) is 33.7 Å². The van der Waals surface area contributed by atoms with Gasteiger partial charge in [-0.15, -0.1) is 0 Å². The number of benzene rings is 1. The first-order valence-corrected chi connectivity index (χ1v) is 9.67. The van der Waals surface area contributed by atoms with Crippen molar-refractivity contribution in [3.63, 3.8) is 0 Å². The second-order valence-corrected chi connectivity index (χ2v) is 8.28. The molecule has 0 bridgehead atoms. The lowest BCUT2D eigenvalue weighted by Gasteiger charge is -2.17. The van der Waals surface area contributed by atoms with E-state index in [0.717, 1.165) is 9.13 Å². The molecule has 144 valence electrons. The molecule has 9 heteroatoms. The van der Waals surface area contributed by atoms with Crippen LogP contribution in [0.5, 0.6) is 5.75 Å². The number of phenols is 1. The van der Waals surface area contributed by atoms with Crippen LogP contribution in [0.1, 0.15) is 25.8 Å². The molecule has 1 aromatic carbocycles. The highest BCUT2D eigenvalue weighted by Crippen LogP contribution is 2.24. The van der Waals surface area contributed by atoms with Crippen LogP contribution >= 0.6 is 22.6 Å². The van der Waals surface area contributed by atoms with Crippen LogP contribution < -0.4 is 10.6 Å². The fourth-order valence-electron chi connectivity index (χ4n) is 2.56. The number of nitrogens with zero attached hydrogens (tertiary/aromatic N) is 4. The number of halogens is 1. The summed E-state index contributed by atoms with van der Waals surface area (Å²) in [7, 11) is 1.87. The molecule has 0 saturated carbocycles. The van der Waals surface area contributed by atoms with Crippen molar-refractivity contribution in [2.75, 3.05) is 17.2 Å². The molecule has 3 aromatic rings. The quantitative estimate of drug-likeness (QED) is 0.384. The van der Waals surface area contributed by atoms with Crippen LogP contribution in [0.4, 0.5) is 11.8 Å². The smallest absolute Gasteiger partial charge is 0.226 e. The molecule has 3 rings (SSSR count). The average Bonchev–Trinajstić information content (AvgIpc) is 2.96. The second-order valence-electron chi connectivity index (χ2n) is 7.04. The number of fused-ring (bicyclic) bond motifs is 1. The number of rotatable bonds is 7. The van der Waals surface area contributed by atoms with Gasteiger partial charge in [-0.3, -0.25) is 0 Å². The summed E-state index contributed by atoms with van der Waals surface area (Å²) < 4.78 is 2.87. The Kier molecular flexibility index (Phi) is 5.70. The number of anilines is 2. The summed E-state index contributed by atoms with van der Waals surface area (Å²) in [5.41, 5.74) is 1.38. The number of hydrogen-bond donors (Lipinski definition) is 4. The van der Waals surface area contributed by atoms with E-state index >= 15 is 0 Å². The van der Waals surface area contributed by atoms with E-state index in [-0.39, 0.29) is 5.75 Å². The molecule has 4 N–H and O–H groups in total. The number of aliphatic hydroxyl groups is 1. The zero-order valence-corrected chi connectivity index (χ0v) is 17.6. The SMILES string of the molecule is Cn1cnc2c(NCc3cc(I)ccc3O)nc(NCCC(C)(C)O)nc21. The van der Waals surface area contributed by atoms with Crippen LogP contribution in [0.25, 0.3) is 11.2 Å². The molecule has 0 fully saturated rings. The van der Waals surface area contributed by atoms with Gasteiger partial charge in [0.15, 0.2) is 17.0 Å². The van der Waals surface area contributed by atoms with Crippen LogP contribution in [0, 0.1) is 3.57 Å². The molecular weight excluding hydrogens is 459 g/mol. The predicted molar refractivity (Wildman–Crippen MR) is 114 cm³/mol. The Morgan fingerprint density at radius 1 is 1.22 bits per heavy atom. The maximum atomic E-state index is 10.0. The molecule has 0 aliphatic rings. The number of aromatic nitrogens is 4. The summed E-state index contributed by atoms with van der Waals surface area (Å²) in [5.74, 6) is 1.28. The largest absolute Gasteiger partial charge is 0.508 e. The van der Waals surface area contributed by atoms with E-state index in [9.17, 15) is 10.2 Å². The van der Waals surface area contributed by atoms with E-state index in [4.69, 9.17) is 0 Å². The number of aryl methyl sites for hydroxylation is 1. The molecule has 2 heterocycles. The van der Waals surface area contributed by atoms with Crippen molar-refractivity contribution in [1.82, 2.24) is 19.5 Å². The molecule has 0 aliphatic carbocycles. The maximum Gasteiger partial charge on any atom is 0.226 e. The van der Waals surface area contributed by atoms with Gasteiger partial charge in [-0.1, -0.05) is 0 Å². The summed E-state index contributed by atoms with van der Waals surface area (Å²) in [6.07, 6.45) is 2.26. The number of imidazole rings is 1. The lowest BCUT2D eigenvalue weighted by molar-refractivity contribution is 0.0748. The minimum atomic E-state index is -0.757. The molecule has 0 atom stereocenters. The van der Waals surface area contributed by atoms with Crippen molar-refractivity contribution in [1.29, 1.82) is 0 Å². The highest BCUT2D eigenvalue weighted by Gasteiger charge is 2.15. The minimum absolute atomic E-state index is 0.234. The molecule has 0 aliphatic heterocycles. The van der Waals surface area contributed by atoms with Gasteiger partial charge >= 0.3 is 0 Å². The van der Waals surface area contributed by atoms with E-state index in [2.05, 4.69) is 48.2 Å². The summed E-state index contributed by atoms with van der Waals surface area (Å²) in [6.45, 7) is 4.49. The van der Waals surface area contributed by atoms with Crippen LogP contribution in [0.3, 0.4) is 0 Å². The van der Waals surface area contributed by atoms with E-state index < -0.39 is 5.60 Å². The Bertz CT molecular complexity index is 951. The van der Waals surface area contributed by atoms with Crippen LogP contribution in [0.15, 0.2) is 24.5 Å². The Morgan fingerprint density at radius 2 is 2.00 bits per heavy atom. The highest BCUT2D eigenvalue weighted by atomic mass is 127. The zero-order chi connectivity index (χ0) is 19.6. The molecule has 0 spiro atoms. The van der Waals surface area contributed by atoms with Crippen molar-refractivity contribution in [2.45, 2.75) is 32.4 Å². The topological polar surface area (TPSA) is 108 Å². The third kappa shape index (κ3) is 4.98. The van der Waals surface area contributed by atoms with Crippen molar-refractivity contribution in [3.8, 4) is 5.75 Å². The number of aromatic hydroxyl groups is 1. The molecule has 2 aromatic heterocycles. The van der Waals surface area contributed by atoms with Gasteiger partial charge in [0.2, 0.25) is 5.95 Å². The Hall–Kier alpha value is -2.14. The lowest BCUT2D eigenvalue weighted by atomic mass is 10.1. The average molecular weight is 482 g/mol. The molecule has 27 heavy (non-hydrogen) atoms. The monoisotopic (exact) mass is 482 g/mol. The second kappa shape index (κ2) is 7.85. The van der Waals surface area contributed by atoms with Gasteiger partial charge in [0.05, 0.1) is 11.9 Å². The fourth-order valence-corrected chi connectivity index (χ4v) is 3.12. The Morgan fingerprint density at radius 3 is 2.74 bits per heavy atom. The minimum Gasteiger partial charge on any atom is -0.508 e. The third-order valence-electron chi connectivity index (χ3n) is 4.07. The number of hydrogen-bond acceptors (Lipinski definition) is 7. The lowest BCUT2D eigenvalue weighted by Crippen LogP contribution is -2.23. The predicted octanol–water partition coefficient (Wildman–Crippen LogP) is 2.86. The Labute approximate surface area is 171 Å². The number of phenolic OH excluding ortho intramolecular Hbond substituents is 1. The maximum absolute atomic E-state index is 10.0. The van der Waals surface area contributed by atoms with Gasteiger partial charge in [-0.25, -0.2) is 4.98 Å². The van der Waals surface area contributed by atoms with E-state index in [0.29, 0.717) is 42.4 Å². The van der Waals surface area contributed by atoms with E-state index in [1.807, 2.05) is 23.7 Å². The van der Waals surface area contributed by atoms with Gasteiger partial charge in [0.1, 0.15) is 5.75 Å². The third-order valence-corrected chi connectivity index (χ3v) is 4.74. The fraction of sp³-hybridized carbons (Fsp3) is 0.389. The molecule has 8 nitrogen and oxygen atoms in total. The van der Waals surface area contributed by atoms with E-state index in [1.165, 1.54) is 0 Å². The van der Waals surface area contributed by atoms with Crippen molar-refractivity contribution in [2.24, 2.45) is 7.05 Å². The molecular formula is C18H23IN6O2. The van der Waals surface area contributed by atoms with Gasteiger partial charge in [0, 0.05) is 29.3 Å².